The quantitative estimate of drug-likeness (QED) is 0.401. The molecule has 0 bridgehead atoms. The largest absolute Gasteiger partial charge is 0.274 e. The maximum Gasteiger partial charge on any atom is 0.230 e. The number of hydrogen-bond acceptors (Lipinski definition) is 7. The number of para-hydroxylation sites is 1. The zero-order chi connectivity index (χ0) is 20.2. The van der Waals surface area contributed by atoms with E-state index in [9.17, 15) is 4.79 Å². The predicted octanol–water partition coefficient (Wildman–Crippen LogP) is 4.75. The number of nitrogens with zero attached hydrogens (tertiary/aromatic N) is 6. The maximum atomic E-state index is 12.2. The SMILES string of the molecule is CC(=O)N(c1ccccc1)c1nc(CSc2nnnn2-c2ccc(Cl)cc2)cs1. The van der Waals surface area contributed by atoms with Crippen LogP contribution in [0.1, 0.15) is 12.6 Å². The lowest BCUT2D eigenvalue weighted by Crippen LogP contribution is -2.22. The number of halogens is 1. The van der Waals surface area contributed by atoms with E-state index in [1.807, 2.05) is 47.8 Å². The fourth-order valence-electron chi connectivity index (χ4n) is 2.62. The molecule has 0 radical (unpaired) electrons. The summed E-state index contributed by atoms with van der Waals surface area (Å²) in [6.45, 7) is 1.53. The zero-order valence-corrected chi connectivity index (χ0v) is 17.7. The van der Waals surface area contributed by atoms with E-state index in [1.54, 1.807) is 21.7 Å². The first-order valence-corrected chi connectivity index (χ1v) is 10.8. The Hall–Kier alpha value is -2.75. The molecular weight excluding hydrogens is 428 g/mol. The fourth-order valence-corrected chi connectivity index (χ4v) is 4.52. The Bertz CT molecular complexity index is 1110. The molecule has 0 unspecified atom stereocenters. The highest BCUT2D eigenvalue weighted by atomic mass is 35.5. The summed E-state index contributed by atoms with van der Waals surface area (Å²) in [6, 6.07) is 16.8. The van der Waals surface area contributed by atoms with Crippen LogP contribution in [0.2, 0.25) is 5.02 Å². The Kier molecular flexibility index (Phi) is 5.89. The van der Waals surface area contributed by atoms with Crippen LogP contribution < -0.4 is 4.90 Å². The van der Waals surface area contributed by atoms with E-state index < -0.39 is 0 Å². The second-order valence-corrected chi connectivity index (χ2v) is 8.17. The van der Waals surface area contributed by atoms with E-state index in [1.165, 1.54) is 30.0 Å². The molecule has 10 heteroatoms. The minimum absolute atomic E-state index is 0.0866. The van der Waals surface area contributed by atoms with E-state index in [2.05, 4.69) is 20.5 Å². The van der Waals surface area contributed by atoms with Crippen molar-refractivity contribution in [1.82, 2.24) is 25.2 Å². The summed E-state index contributed by atoms with van der Waals surface area (Å²) >= 11 is 8.84. The second-order valence-electron chi connectivity index (χ2n) is 5.95. The number of benzene rings is 2. The molecule has 0 aliphatic carbocycles. The van der Waals surface area contributed by atoms with E-state index in [0.717, 1.165) is 17.1 Å². The van der Waals surface area contributed by atoms with Gasteiger partial charge >= 0.3 is 0 Å². The molecule has 4 aromatic rings. The molecule has 2 aromatic heterocycles. The summed E-state index contributed by atoms with van der Waals surface area (Å²) in [6.07, 6.45) is 0. The van der Waals surface area contributed by atoms with E-state index in [-0.39, 0.29) is 5.91 Å². The smallest absolute Gasteiger partial charge is 0.230 e. The molecular formula is C19H15ClN6OS2. The van der Waals surface area contributed by atoms with Gasteiger partial charge in [-0.2, -0.15) is 4.68 Å². The first-order chi connectivity index (χ1) is 14.1. The molecule has 146 valence electrons. The molecule has 7 nitrogen and oxygen atoms in total. The molecule has 0 aliphatic heterocycles. The number of carbonyl (C=O) groups is 1. The van der Waals surface area contributed by atoms with Crippen LogP contribution in [0.4, 0.5) is 10.8 Å². The number of carbonyl (C=O) groups excluding carboxylic acids is 1. The normalized spacial score (nSPS) is 10.8. The summed E-state index contributed by atoms with van der Waals surface area (Å²) in [5, 5.41) is 15.8. The van der Waals surface area contributed by atoms with Gasteiger partial charge in [0.05, 0.1) is 17.1 Å². The third-order valence-corrected chi connectivity index (χ3v) is 6.00. The van der Waals surface area contributed by atoms with Crippen LogP contribution in [0.3, 0.4) is 0 Å². The van der Waals surface area contributed by atoms with E-state index >= 15 is 0 Å². The number of rotatable bonds is 6. The summed E-state index contributed by atoms with van der Waals surface area (Å²) in [5.74, 6) is 0.488. The number of hydrogen-bond donors (Lipinski definition) is 0. The Labute approximate surface area is 180 Å². The predicted molar refractivity (Wildman–Crippen MR) is 115 cm³/mol. The molecule has 29 heavy (non-hydrogen) atoms. The molecule has 0 spiro atoms. The molecule has 0 fully saturated rings. The van der Waals surface area contributed by atoms with Crippen molar-refractivity contribution in [2.45, 2.75) is 17.8 Å². The lowest BCUT2D eigenvalue weighted by Gasteiger charge is -2.17. The van der Waals surface area contributed by atoms with Gasteiger partial charge in [0.2, 0.25) is 11.1 Å². The van der Waals surface area contributed by atoms with Gasteiger partial charge in [-0.1, -0.05) is 41.6 Å². The number of aromatic nitrogens is 5. The number of thiazole rings is 1. The van der Waals surface area contributed by atoms with Gasteiger partial charge < -0.3 is 0 Å². The van der Waals surface area contributed by atoms with E-state index in [4.69, 9.17) is 11.6 Å². The molecule has 0 aliphatic rings. The third-order valence-electron chi connectivity index (χ3n) is 3.92. The van der Waals surface area contributed by atoms with Gasteiger partial charge in [-0.15, -0.1) is 16.4 Å². The van der Waals surface area contributed by atoms with Crippen molar-refractivity contribution < 1.29 is 4.79 Å². The lowest BCUT2D eigenvalue weighted by molar-refractivity contribution is -0.115. The third kappa shape index (κ3) is 4.47. The van der Waals surface area contributed by atoms with E-state index in [0.29, 0.717) is 21.1 Å². The average molecular weight is 443 g/mol. The Balaban J connectivity index is 1.50. The lowest BCUT2D eigenvalue weighted by atomic mass is 10.3. The topological polar surface area (TPSA) is 76.8 Å². The second kappa shape index (κ2) is 8.73. The van der Waals surface area contributed by atoms with Crippen molar-refractivity contribution in [2.75, 3.05) is 4.90 Å². The first kappa shape index (κ1) is 19.6. The highest BCUT2D eigenvalue weighted by molar-refractivity contribution is 7.98. The molecule has 0 saturated carbocycles. The van der Waals surface area contributed by atoms with Crippen molar-refractivity contribution in [3.63, 3.8) is 0 Å². The molecule has 0 N–H and O–H groups in total. The molecule has 2 heterocycles. The monoisotopic (exact) mass is 442 g/mol. The van der Waals surface area contributed by atoms with Gasteiger partial charge in [0, 0.05) is 23.1 Å². The summed E-state index contributed by atoms with van der Waals surface area (Å²) in [7, 11) is 0. The molecule has 0 atom stereocenters. The van der Waals surface area contributed by atoms with Crippen LogP contribution in [0.5, 0.6) is 0 Å². The Morgan fingerprint density at radius 2 is 1.93 bits per heavy atom. The van der Waals surface area contributed by atoms with Crippen molar-refractivity contribution in [2.24, 2.45) is 0 Å². The van der Waals surface area contributed by atoms with Gasteiger partial charge in [-0.25, -0.2) is 4.98 Å². The number of thioether (sulfide) groups is 1. The van der Waals surface area contributed by atoms with Crippen molar-refractivity contribution in [1.29, 1.82) is 0 Å². The molecule has 4 rings (SSSR count). The summed E-state index contributed by atoms with van der Waals surface area (Å²) < 4.78 is 1.65. The van der Waals surface area contributed by atoms with Gasteiger partial charge in [0.1, 0.15) is 0 Å². The van der Waals surface area contributed by atoms with Crippen molar-refractivity contribution in [3.05, 3.63) is 70.7 Å². The highest BCUT2D eigenvalue weighted by Gasteiger charge is 2.18. The van der Waals surface area contributed by atoms with Crippen LogP contribution in [0, 0.1) is 0 Å². The van der Waals surface area contributed by atoms with Crippen LogP contribution in [-0.2, 0) is 10.5 Å². The van der Waals surface area contributed by atoms with Gasteiger partial charge in [-0.05, 0) is 46.8 Å². The van der Waals surface area contributed by atoms with Crippen LogP contribution in [0.25, 0.3) is 5.69 Å². The first-order valence-electron chi connectivity index (χ1n) is 8.59. The fraction of sp³-hybridized carbons (Fsp3) is 0.105. The van der Waals surface area contributed by atoms with Gasteiger partial charge in [0.15, 0.2) is 5.13 Å². The Morgan fingerprint density at radius 3 is 2.66 bits per heavy atom. The van der Waals surface area contributed by atoms with Gasteiger partial charge in [0.25, 0.3) is 0 Å². The zero-order valence-electron chi connectivity index (χ0n) is 15.3. The molecule has 1 amide bonds. The van der Waals surface area contributed by atoms with Crippen LogP contribution in [0.15, 0.2) is 65.1 Å². The maximum absolute atomic E-state index is 12.2. The van der Waals surface area contributed by atoms with Gasteiger partial charge in [-0.3, -0.25) is 9.69 Å². The van der Waals surface area contributed by atoms with Crippen molar-refractivity contribution >= 4 is 51.4 Å². The average Bonchev–Trinajstić information content (AvgIpc) is 3.37. The number of amides is 1. The standard InChI is InChI=1S/C19H15ClN6OS2/c1-13(27)25(16-5-3-2-4-6-16)18-21-15(11-28-18)12-29-19-22-23-24-26(19)17-9-7-14(20)8-10-17/h2-11H,12H2,1H3. The van der Waals surface area contributed by atoms with Crippen molar-refractivity contribution in [3.8, 4) is 5.69 Å². The number of anilines is 2. The minimum Gasteiger partial charge on any atom is -0.274 e. The van der Waals surface area contributed by atoms with Crippen LogP contribution in [-0.4, -0.2) is 31.1 Å². The number of tetrazole rings is 1. The minimum atomic E-state index is -0.0866. The molecule has 2 aromatic carbocycles. The summed E-state index contributed by atoms with van der Waals surface area (Å²) in [4.78, 5) is 18.4. The van der Waals surface area contributed by atoms with Crippen LogP contribution >= 0.6 is 34.7 Å². The summed E-state index contributed by atoms with van der Waals surface area (Å²) in [5.41, 5.74) is 2.47. The Morgan fingerprint density at radius 1 is 1.17 bits per heavy atom. The highest BCUT2D eigenvalue weighted by Crippen LogP contribution is 2.31. The molecule has 0 saturated heterocycles.